The van der Waals surface area contributed by atoms with Gasteiger partial charge in [0.2, 0.25) is 0 Å². The fourth-order valence-corrected chi connectivity index (χ4v) is 16.5. The molecule has 0 aromatic carbocycles. The number of alkyl halides is 6. The van der Waals surface area contributed by atoms with Crippen LogP contribution in [0.4, 0.5) is 26.3 Å². The number of halogens is 6. The van der Waals surface area contributed by atoms with Crippen molar-refractivity contribution in [1.29, 1.82) is 0 Å². The fraction of sp³-hybridized carbons (Fsp3) is 0.889. The standard InChI is InChI=1S/C36H50F6N2O8Se2/c1-19-5-7-25-21(27(35(37,38)39)45-29-33(25)23(19)9-11-31(3,47-29)49-51-33)17-43-13-15-53-54-16-14-44-18-22-26-8-6-20(2)24-10-12-32(4)48-30(34(24,26)52-50-32)46-28(22)36(40,41)42/h19-20,23-26,29-30,43-44H,5-18H2,1-4H3/t19-,20-,23?,24?,25+,26+,29-,30-,31-,32-,33-,34-/m1/s1. The van der Waals surface area contributed by atoms with E-state index in [0.29, 0.717) is 51.6 Å². The zero-order valence-corrected chi connectivity index (χ0v) is 34.3. The van der Waals surface area contributed by atoms with E-state index >= 15 is 0 Å². The van der Waals surface area contributed by atoms with Crippen molar-refractivity contribution >= 4 is 26.3 Å². The van der Waals surface area contributed by atoms with Crippen molar-refractivity contribution in [3.05, 3.63) is 22.7 Å². The topological polar surface area (TPSA) is 97.9 Å². The van der Waals surface area contributed by atoms with Gasteiger partial charge in [-0.3, -0.25) is 0 Å². The quantitative estimate of drug-likeness (QED) is 0.104. The Morgan fingerprint density at radius 1 is 0.611 bits per heavy atom. The third-order valence-electron chi connectivity index (χ3n) is 13.3. The van der Waals surface area contributed by atoms with Gasteiger partial charge in [0, 0.05) is 0 Å². The van der Waals surface area contributed by atoms with Crippen LogP contribution in [0.25, 0.3) is 0 Å². The van der Waals surface area contributed by atoms with E-state index in [9.17, 15) is 26.3 Å². The number of allylic oxidation sites excluding steroid dienone is 2. The Morgan fingerprint density at radius 2 is 1.02 bits per heavy atom. The molecular weight excluding hydrogens is 860 g/mol. The molecule has 18 heteroatoms. The number of nitrogens with one attached hydrogen (secondary N) is 2. The summed E-state index contributed by atoms with van der Waals surface area (Å²) in [5.74, 6) is -5.12. The van der Waals surface area contributed by atoms with Crippen molar-refractivity contribution in [2.24, 2.45) is 35.5 Å². The van der Waals surface area contributed by atoms with Crippen molar-refractivity contribution in [2.75, 3.05) is 26.2 Å². The minimum atomic E-state index is -4.69. The van der Waals surface area contributed by atoms with E-state index in [1.54, 1.807) is 13.8 Å². The third-order valence-corrected chi connectivity index (χ3v) is 20.6. The molecular formula is C36H50F6N2O8Se2. The Bertz CT molecular complexity index is 1400. The summed E-state index contributed by atoms with van der Waals surface area (Å²) in [5, 5.41) is 8.11. The average molecular weight is 911 g/mol. The molecule has 2 spiro atoms. The van der Waals surface area contributed by atoms with Crippen LogP contribution in [-0.2, 0) is 38.5 Å². The Labute approximate surface area is 322 Å². The summed E-state index contributed by atoms with van der Waals surface area (Å²) in [6.07, 6.45) is -6.76. The molecule has 306 valence electrons. The zero-order valence-electron chi connectivity index (χ0n) is 30.9. The van der Waals surface area contributed by atoms with E-state index in [0.717, 1.165) is 23.5 Å². The Morgan fingerprint density at radius 3 is 1.41 bits per heavy atom. The molecule has 10 rings (SSSR count). The van der Waals surface area contributed by atoms with Crippen molar-refractivity contribution < 1.29 is 64.8 Å². The first-order valence-electron chi connectivity index (χ1n) is 19.2. The van der Waals surface area contributed by atoms with Gasteiger partial charge in [-0.05, 0) is 0 Å². The summed E-state index contributed by atoms with van der Waals surface area (Å²) in [4.78, 5) is 23.6. The first kappa shape index (κ1) is 40.2. The van der Waals surface area contributed by atoms with E-state index in [4.69, 9.17) is 38.5 Å². The molecule has 8 fully saturated rings. The van der Waals surface area contributed by atoms with Crippen molar-refractivity contribution in [3.8, 4) is 0 Å². The van der Waals surface area contributed by atoms with Gasteiger partial charge in [-0.25, -0.2) is 0 Å². The molecule has 2 unspecified atom stereocenters. The molecule has 8 aliphatic heterocycles. The van der Waals surface area contributed by atoms with E-state index in [-0.39, 0.29) is 74.2 Å². The molecule has 2 N–H and O–H groups in total. The molecule has 12 atom stereocenters. The second-order valence-electron chi connectivity index (χ2n) is 16.6. The first-order valence-corrected chi connectivity index (χ1v) is 26.0. The van der Waals surface area contributed by atoms with Crippen LogP contribution in [0.15, 0.2) is 22.7 Å². The first-order chi connectivity index (χ1) is 25.5. The maximum atomic E-state index is 14.5. The summed E-state index contributed by atoms with van der Waals surface area (Å²) in [7, 11) is 0. The normalized spacial score (nSPS) is 44.3. The van der Waals surface area contributed by atoms with Crippen LogP contribution in [-0.4, -0.2) is 100 Å². The Balaban J connectivity index is 0.847. The molecule has 0 aromatic rings. The van der Waals surface area contributed by atoms with Gasteiger partial charge in [0.1, 0.15) is 0 Å². The van der Waals surface area contributed by atoms with Gasteiger partial charge in [0.05, 0.1) is 0 Å². The van der Waals surface area contributed by atoms with Gasteiger partial charge in [0.25, 0.3) is 0 Å². The van der Waals surface area contributed by atoms with Crippen LogP contribution in [0.2, 0.25) is 10.6 Å². The van der Waals surface area contributed by atoms with Crippen LogP contribution in [0.1, 0.15) is 79.1 Å². The van der Waals surface area contributed by atoms with Crippen LogP contribution in [0, 0.1) is 35.5 Å². The predicted octanol–water partition coefficient (Wildman–Crippen LogP) is 6.45. The second kappa shape index (κ2) is 14.6. The number of ether oxygens (including phenoxy) is 4. The summed E-state index contributed by atoms with van der Waals surface area (Å²) < 4.78 is 110. The monoisotopic (exact) mass is 912 g/mol. The molecule has 0 amide bonds. The second-order valence-corrected chi connectivity index (χ2v) is 24.5. The summed E-state index contributed by atoms with van der Waals surface area (Å²) in [5.41, 5.74) is -1.95. The van der Waals surface area contributed by atoms with Crippen LogP contribution in [0.3, 0.4) is 0 Å². The molecule has 0 aromatic heterocycles. The summed E-state index contributed by atoms with van der Waals surface area (Å²) in [6, 6.07) is 0. The predicted molar refractivity (Wildman–Crippen MR) is 181 cm³/mol. The molecule has 8 heterocycles. The van der Waals surface area contributed by atoms with Crippen LogP contribution >= 0.6 is 0 Å². The van der Waals surface area contributed by atoms with Gasteiger partial charge < -0.3 is 0 Å². The zero-order chi connectivity index (χ0) is 38.3. The Hall–Kier alpha value is -0.621. The number of hydrogen-bond donors (Lipinski definition) is 2. The van der Waals surface area contributed by atoms with Gasteiger partial charge in [0.15, 0.2) is 0 Å². The van der Waals surface area contributed by atoms with Crippen molar-refractivity contribution in [3.63, 3.8) is 0 Å². The van der Waals surface area contributed by atoms with Crippen LogP contribution in [0.5, 0.6) is 0 Å². The van der Waals surface area contributed by atoms with Gasteiger partial charge in [-0.2, -0.15) is 0 Å². The molecule has 10 aliphatic rings. The average Bonchev–Trinajstić information content (AvgIpc) is 3.48. The summed E-state index contributed by atoms with van der Waals surface area (Å²) in [6.45, 7) is 8.68. The van der Waals surface area contributed by atoms with Crippen LogP contribution < -0.4 is 10.6 Å². The molecule has 10 nitrogen and oxygen atoms in total. The van der Waals surface area contributed by atoms with Gasteiger partial charge in [-0.15, -0.1) is 0 Å². The number of fused-ring (bicyclic) bond motifs is 4. The molecule has 2 saturated carbocycles. The van der Waals surface area contributed by atoms with E-state index in [1.807, 2.05) is 0 Å². The SMILES string of the molecule is C[C@@H]1CC[C@H]2C(CNCC[Se][Se]CCNCC3=C(C(F)(F)F)O[C@@H]4O[C@@]5(C)CCC6[C@H](C)CC[C@@H]3[C@]64OO5)=C(C(F)(F)F)O[C@@H]3O[C@@]4(C)CCC1[C@]32OO4. The van der Waals surface area contributed by atoms with E-state index in [1.165, 1.54) is 0 Å². The molecule has 0 radical (unpaired) electrons. The molecule has 2 aliphatic carbocycles. The van der Waals surface area contributed by atoms with Crippen molar-refractivity contribution in [1.82, 2.24) is 10.6 Å². The van der Waals surface area contributed by atoms with Gasteiger partial charge >= 0.3 is 323 Å². The van der Waals surface area contributed by atoms with E-state index < -0.39 is 71.1 Å². The third kappa shape index (κ3) is 6.81. The summed E-state index contributed by atoms with van der Waals surface area (Å²) >= 11 is 0.476. The number of rotatable bonds is 11. The molecule has 6 saturated heterocycles. The Kier molecular flexibility index (Phi) is 10.8. The molecule has 54 heavy (non-hydrogen) atoms. The van der Waals surface area contributed by atoms with Crippen molar-refractivity contribution in [2.45, 2.75) is 137 Å². The van der Waals surface area contributed by atoms with Gasteiger partial charge in [-0.1, -0.05) is 0 Å². The maximum absolute atomic E-state index is 14.5. The fourth-order valence-electron chi connectivity index (χ4n) is 10.7. The van der Waals surface area contributed by atoms with E-state index in [2.05, 4.69) is 24.5 Å². The number of hydrogen-bond acceptors (Lipinski definition) is 10. The molecule has 4 bridgehead atoms. The minimum absolute atomic E-state index is 0.0151.